The van der Waals surface area contributed by atoms with Gasteiger partial charge in [-0.3, -0.25) is 9.78 Å². The van der Waals surface area contributed by atoms with E-state index in [1.807, 2.05) is 0 Å². The van der Waals surface area contributed by atoms with Gasteiger partial charge in [0.2, 0.25) is 6.23 Å². The maximum atomic E-state index is 11.5. The van der Waals surface area contributed by atoms with Gasteiger partial charge in [-0.25, -0.2) is 0 Å². The minimum absolute atomic E-state index is 0.0558. The highest BCUT2D eigenvalue weighted by molar-refractivity contribution is 5.63. The molecule has 4 atom stereocenters. The summed E-state index contributed by atoms with van der Waals surface area (Å²) in [4.78, 5) is 17.8. The number of H-pyrrole nitrogens is 2. The van der Waals surface area contributed by atoms with Crippen molar-refractivity contribution in [2.24, 2.45) is 0 Å². The zero-order chi connectivity index (χ0) is 13.6. The van der Waals surface area contributed by atoms with Crippen LogP contribution in [0.2, 0.25) is 0 Å². The van der Waals surface area contributed by atoms with Crippen LogP contribution in [0.25, 0.3) is 11.2 Å². The van der Waals surface area contributed by atoms with E-state index in [0.717, 1.165) is 0 Å². The van der Waals surface area contributed by atoms with Crippen molar-refractivity contribution >= 4 is 11.2 Å². The summed E-state index contributed by atoms with van der Waals surface area (Å²) in [5.74, 6) is 0. The lowest BCUT2D eigenvalue weighted by atomic mass is 10.1. The summed E-state index contributed by atoms with van der Waals surface area (Å²) < 4.78 is 6.55. The van der Waals surface area contributed by atoms with Gasteiger partial charge in [-0.2, -0.15) is 0 Å². The van der Waals surface area contributed by atoms with Gasteiger partial charge in [-0.05, 0) is 5.10 Å². The van der Waals surface area contributed by atoms with Gasteiger partial charge in [0.05, 0.1) is 6.61 Å². The molecule has 10 nitrogen and oxygen atoms in total. The first kappa shape index (κ1) is 12.2. The predicted molar refractivity (Wildman–Crippen MR) is 57.7 cm³/mol. The molecule has 3 heterocycles. The van der Waals surface area contributed by atoms with Crippen LogP contribution in [-0.4, -0.2) is 60.5 Å². The molecule has 102 valence electrons. The minimum atomic E-state index is -1.27. The third-order valence-electron chi connectivity index (χ3n) is 3.08. The summed E-state index contributed by atoms with van der Waals surface area (Å²) in [6, 6.07) is 0. The van der Waals surface area contributed by atoms with Crippen molar-refractivity contribution in [2.45, 2.75) is 24.5 Å². The first-order valence-corrected chi connectivity index (χ1v) is 5.59. The van der Waals surface area contributed by atoms with Gasteiger partial charge < -0.3 is 20.1 Å². The Morgan fingerprint density at radius 2 is 2.21 bits per heavy atom. The van der Waals surface area contributed by atoms with Gasteiger partial charge in [0.25, 0.3) is 0 Å². The molecule has 0 radical (unpaired) electrons. The molecule has 3 rings (SSSR count). The highest BCUT2D eigenvalue weighted by Gasteiger charge is 2.47. The summed E-state index contributed by atoms with van der Waals surface area (Å²) in [6.45, 7) is -0.435. The average Bonchev–Trinajstić information content (AvgIpc) is 2.94. The quantitative estimate of drug-likeness (QED) is 0.356. The molecule has 5 N–H and O–H groups in total. The van der Waals surface area contributed by atoms with Crippen LogP contribution < -0.4 is 10.2 Å². The van der Waals surface area contributed by atoms with Crippen LogP contribution in [0.15, 0.2) is 11.1 Å². The molecule has 10 heteroatoms. The van der Waals surface area contributed by atoms with E-state index in [0.29, 0.717) is 0 Å². The van der Waals surface area contributed by atoms with E-state index >= 15 is 0 Å². The molecule has 0 bridgehead atoms. The first-order chi connectivity index (χ1) is 9.13. The normalized spacial score (nSPS) is 31.1. The maximum Gasteiger partial charge on any atom is 0.334 e. The van der Waals surface area contributed by atoms with Crippen molar-refractivity contribution in [2.75, 3.05) is 6.61 Å². The monoisotopic (exact) mass is 270 g/mol. The van der Waals surface area contributed by atoms with Gasteiger partial charge in [0.1, 0.15) is 18.3 Å². The standard InChI is InChI=1S/C9H11N5O5/c15-1-3-5(16)6(17)9(19-3)14-7-4(12-13-14)8(18)11-2-10-7/h2-3,5-6,9,15-17H,1H2,(H,10,11,13,18)/p+1/t3-,5-,6-,9-/m1/s1. The fourth-order valence-corrected chi connectivity index (χ4v) is 2.08. The smallest absolute Gasteiger partial charge is 0.334 e. The van der Waals surface area contributed by atoms with Gasteiger partial charge in [0.15, 0.2) is 6.33 Å². The number of fused-ring (bicyclic) bond motifs is 1. The van der Waals surface area contributed by atoms with Crippen LogP contribution in [0.1, 0.15) is 6.23 Å². The summed E-state index contributed by atoms with van der Waals surface area (Å²) in [6.07, 6.45) is -3.23. The van der Waals surface area contributed by atoms with Crippen molar-refractivity contribution in [1.82, 2.24) is 20.3 Å². The van der Waals surface area contributed by atoms with E-state index in [2.05, 4.69) is 20.3 Å². The topological polar surface area (TPSA) is 148 Å². The van der Waals surface area contributed by atoms with Gasteiger partial charge >= 0.3 is 16.7 Å². The number of aliphatic hydroxyl groups excluding tert-OH is 3. The molecule has 0 aromatic carbocycles. The Hall–Kier alpha value is -1.88. The van der Waals surface area contributed by atoms with E-state index in [1.54, 1.807) is 0 Å². The molecule has 0 spiro atoms. The van der Waals surface area contributed by atoms with Crippen LogP contribution in [-0.2, 0) is 4.74 Å². The Morgan fingerprint density at radius 3 is 2.89 bits per heavy atom. The molecule has 19 heavy (non-hydrogen) atoms. The number of hydrogen-bond acceptors (Lipinski definition) is 7. The predicted octanol–water partition coefficient (Wildman–Crippen LogP) is -3.45. The van der Waals surface area contributed by atoms with Crippen LogP contribution in [0.4, 0.5) is 0 Å². The molecular formula is C9H12N5O5+. The van der Waals surface area contributed by atoms with E-state index in [1.165, 1.54) is 11.0 Å². The molecule has 0 amide bonds. The third kappa shape index (κ3) is 1.73. The number of rotatable bonds is 2. The van der Waals surface area contributed by atoms with Crippen LogP contribution in [0.5, 0.6) is 0 Å². The zero-order valence-electron chi connectivity index (χ0n) is 9.59. The fourth-order valence-electron chi connectivity index (χ4n) is 2.08. The molecule has 2 aromatic rings. The number of nitrogens with one attached hydrogen (secondary N) is 2. The Morgan fingerprint density at radius 1 is 1.42 bits per heavy atom. The molecule has 2 aromatic heterocycles. The molecular weight excluding hydrogens is 258 g/mol. The van der Waals surface area contributed by atoms with Crippen LogP contribution in [0.3, 0.4) is 0 Å². The van der Waals surface area contributed by atoms with Crippen molar-refractivity contribution in [3.05, 3.63) is 16.7 Å². The van der Waals surface area contributed by atoms with E-state index in [9.17, 15) is 15.0 Å². The second kappa shape index (κ2) is 4.35. The fraction of sp³-hybridized carbons (Fsp3) is 0.556. The lowest BCUT2D eigenvalue weighted by Crippen LogP contribution is -2.48. The van der Waals surface area contributed by atoms with E-state index < -0.39 is 36.7 Å². The SMILES string of the molecule is O=c1[nH]cnc2c1n[nH][n+]2[C@@H]1O[C@H](CO)[C@@H](O)[C@H]1O. The lowest BCUT2D eigenvalue weighted by molar-refractivity contribution is -0.795. The maximum absolute atomic E-state index is 11.5. The number of ether oxygens (including phenoxy) is 1. The van der Waals surface area contributed by atoms with Crippen LogP contribution in [0, 0.1) is 0 Å². The molecule has 1 aliphatic heterocycles. The van der Waals surface area contributed by atoms with Crippen molar-refractivity contribution in [1.29, 1.82) is 0 Å². The summed E-state index contributed by atoms with van der Waals surface area (Å²) in [5, 5.41) is 34.9. The van der Waals surface area contributed by atoms with Crippen molar-refractivity contribution < 1.29 is 24.7 Å². The highest BCUT2D eigenvalue weighted by Crippen LogP contribution is 2.25. The Kier molecular flexibility index (Phi) is 2.78. The number of hydrogen-bond donors (Lipinski definition) is 5. The number of nitrogens with zero attached hydrogens (tertiary/aromatic N) is 3. The molecule has 1 saturated heterocycles. The van der Waals surface area contributed by atoms with Crippen molar-refractivity contribution in [3.63, 3.8) is 0 Å². The van der Waals surface area contributed by atoms with E-state index in [4.69, 9.17) is 9.84 Å². The minimum Gasteiger partial charge on any atom is -0.394 e. The molecule has 0 saturated carbocycles. The summed E-state index contributed by atoms with van der Waals surface area (Å²) >= 11 is 0. The summed E-state index contributed by atoms with van der Waals surface area (Å²) in [7, 11) is 0. The van der Waals surface area contributed by atoms with Gasteiger partial charge in [-0.1, -0.05) is 4.98 Å². The zero-order valence-corrected chi connectivity index (χ0v) is 9.59. The Bertz CT molecular complexity index is 654. The first-order valence-electron chi connectivity index (χ1n) is 5.59. The van der Waals surface area contributed by atoms with Crippen LogP contribution >= 0.6 is 0 Å². The van der Waals surface area contributed by atoms with Crippen molar-refractivity contribution in [3.8, 4) is 0 Å². The Labute approximate surface area is 105 Å². The van der Waals surface area contributed by atoms with E-state index in [-0.39, 0.29) is 11.2 Å². The lowest BCUT2D eigenvalue weighted by Gasteiger charge is -2.10. The second-order valence-corrected chi connectivity index (χ2v) is 4.21. The number of aromatic nitrogens is 5. The average molecular weight is 270 g/mol. The molecule has 1 aliphatic rings. The molecule has 1 fully saturated rings. The second-order valence-electron chi connectivity index (χ2n) is 4.21. The summed E-state index contributed by atoms with van der Waals surface area (Å²) in [5.41, 5.74) is -0.203. The molecule has 0 unspecified atom stereocenters. The molecule has 0 aliphatic carbocycles. The Balaban J connectivity index is 2.06. The number of aromatic amines is 2. The number of aliphatic hydroxyl groups is 3. The third-order valence-corrected chi connectivity index (χ3v) is 3.08. The van der Waals surface area contributed by atoms with Gasteiger partial charge in [-0.15, -0.1) is 9.90 Å². The largest absolute Gasteiger partial charge is 0.394 e. The van der Waals surface area contributed by atoms with Gasteiger partial charge in [0, 0.05) is 0 Å². The highest BCUT2D eigenvalue weighted by atomic mass is 16.6.